The molecule has 1 aliphatic heterocycles. The van der Waals surface area contributed by atoms with Crippen LogP contribution in [-0.2, 0) is 6.54 Å². The van der Waals surface area contributed by atoms with Crippen LogP contribution < -0.4 is 16.4 Å². The third-order valence-electron chi connectivity index (χ3n) is 2.96. The van der Waals surface area contributed by atoms with E-state index in [4.69, 9.17) is 11.5 Å². The maximum absolute atomic E-state index is 11.0. The van der Waals surface area contributed by atoms with Gasteiger partial charge in [0.2, 0.25) is 0 Å². The Kier molecular flexibility index (Phi) is 3.43. The summed E-state index contributed by atoms with van der Waals surface area (Å²) in [6.45, 7) is 3.32. The highest BCUT2D eigenvalue weighted by atomic mass is 16.2. The molecule has 6 heteroatoms. The number of rotatable bonds is 2. The fourth-order valence-corrected chi connectivity index (χ4v) is 1.88. The molecule has 1 aromatic heterocycles. The minimum absolute atomic E-state index is 0.351. The average Bonchev–Trinajstić information content (AvgIpc) is 2.39. The van der Waals surface area contributed by atoms with Crippen LogP contribution in [0.4, 0.5) is 10.6 Å². The molecule has 0 bridgehead atoms. The van der Waals surface area contributed by atoms with Gasteiger partial charge in [-0.2, -0.15) is 0 Å². The number of carbonyl (C=O) groups excluding carboxylic acids is 1. The first-order valence-corrected chi connectivity index (χ1v) is 5.65. The Labute approximate surface area is 100 Å². The van der Waals surface area contributed by atoms with Crippen molar-refractivity contribution in [3.63, 3.8) is 0 Å². The number of nitrogens with zero attached hydrogens (tertiary/aromatic N) is 3. The smallest absolute Gasteiger partial charge is 0.314 e. The van der Waals surface area contributed by atoms with Crippen molar-refractivity contribution in [2.75, 3.05) is 31.1 Å². The molecule has 0 radical (unpaired) electrons. The van der Waals surface area contributed by atoms with E-state index in [0.29, 0.717) is 19.6 Å². The van der Waals surface area contributed by atoms with Crippen LogP contribution in [0.25, 0.3) is 0 Å². The lowest BCUT2D eigenvalue weighted by Crippen LogP contribution is -2.50. The molecule has 1 aromatic rings. The predicted molar refractivity (Wildman–Crippen MR) is 65.5 cm³/mol. The fourth-order valence-electron chi connectivity index (χ4n) is 1.88. The van der Waals surface area contributed by atoms with E-state index >= 15 is 0 Å². The quantitative estimate of drug-likeness (QED) is 0.739. The zero-order chi connectivity index (χ0) is 12.3. The fraction of sp³-hybridized carbons (Fsp3) is 0.455. The molecule has 0 saturated carbocycles. The number of hydrogen-bond acceptors (Lipinski definition) is 4. The second-order valence-electron chi connectivity index (χ2n) is 4.04. The lowest BCUT2D eigenvalue weighted by molar-refractivity contribution is 0.204. The van der Waals surface area contributed by atoms with Crippen LogP contribution in [-0.4, -0.2) is 42.1 Å². The summed E-state index contributed by atoms with van der Waals surface area (Å²) in [6, 6.07) is 3.58. The van der Waals surface area contributed by atoms with E-state index < -0.39 is 0 Å². The SMILES string of the molecule is NCc1ccc(N2CCN(C(N)=O)CC2)nc1. The molecule has 4 N–H and O–H groups in total. The van der Waals surface area contributed by atoms with Gasteiger partial charge >= 0.3 is 6.03 Å². The van der Waals surface area contributed by atoms with Crippen LogP contribution in [0.1, 0.15) is 5.56 Å². The summed E-state index contributed by atoms with van der Waals surface area (Å²) in [5, 5.41) is 0. The van der Waals surface area contributed by atoms with E-state index in [0.717, 1.165) is 24.5 Å². The highest BCUT2D eigenvalue weighted by Crippen LogP contribution is 2.13. The minimum Gasteiger partial charge on any atom is -0.353 e. The number of piperazine rings is 1. The normalized spacial score (nSPS) is 16.1. The Morgan fingerprint density at radius 1 is 1.29 bits per heavy atom. The summed E-state index contributed by atoms with van der Waals surface area (Å²) in [5.74, 6) is 0.923. The number of anilines is 1. The van der Waals surface area contributed by atoms with Crippen LogP contribution in [0, 0.1) is 0 Å². The molecule has 92 valence electrons. The lowest BCUT2D eigenvalue weighted by Gasteiger charge is -2.34. The largest absolute Gasteiger partial charge is 0.353 e. The molecule has 1 aliphatic rings. The molecule has 2 rings (SSSR count). The van der Waals surface area contributed by atoms with Crippen LogP contribution in [0.2, 0.25) is 0 Å². The molecule has 0 atom stereocenters. The van der Waals surface area contributed by atoms with Gasteiger partial charge in [0.05, 0.1) is 0 Å². The number of aromatic nitrogens is 1. The number of amides is 2. The monoisotopic (exact) mass is 235 g/mol. The Balaban J connectivity index is 1.97. The van der Waals surface area contributed by atoms with Gasteiger partial charge in [-0.25, -0.2) is 9.78 Å². The van der Waals surface area contributed by atoms with Crippen molar-refractivity contribution in [2.45, 2.75) is 6.54 Å². The Morgan fingerprint density at radius 3 is 2.47 bits per heavy atom. The number of hydrogen-bond donors (Lipinski definition) is 2. The third-order valence-corrected chi connectivity index (χ3v) is 2.96. The molecule has 1 saturated heterocycles. The standard InChI is InChI=1S/C11H17N5O/c12-7-9-1-2-10(14-8-9)15-3-5-16(6-4-15)11(13)17/h1-2,8H,3-7,12H2,(H2,13,17). The average molecular weight is 235 g/mol. The van der Waals surface area contributed by atoms with Crippen LogP contribution in [0.5, 0.6) is 0 Å². The number of carbonyl (C=O) groups is 1. The summed E-state index contributed by atoms with van der Waals surface area (Å²) in [5.41, 5.74) is 11.8. The van der Waals surface area contributed by atoms with Gasteiger partial charge in [0, 0.05) is 38.9 Å². The van der Waals surface area contributed by atoms with E-state index in [-0.39, 0.29) is 6.03 Å². The zero-order valence-corrected chi connectivity index (χ0v) is 9.67. The number of primary amides is 1. The molecule has 2 heterocycles. The molecular weight excluding hydrogens is 218 g/mol. The van der Waals surface area contributed by atoms with Gasteiger partial charge in [-0.3, -0.25) is 0 Å². The first-order valence-electron chi connectivity index (χ1n) is 5.65. The van der Waals surface area contributed by atoms with Crippen molar-refractivity contribution >= 4 is 11.8 Å². The molecule has 0 aliphatic carbocycles. The molecule has 0 aromatic carbocycles. The van der Waals surface area contributed by atoms with E-state index in [1.54, 1.807) is 11.1 Å². The van der Waals surface area contributed by atoms with E-state index in [9.17, 15) is 4.79 Å². The zero-order valence-electron chi connectivity index (χ0n) is 9.67. The minimum atomic E-state index is -0.351. The van der Waals surface area contributed by atoms with Gasteiger partial charge < -0.3 is 21.3 Å². The third kappa shape index (κ3) is 2.65. The second-order valence-corrected chi connectivity index (χ2v) is 4.04. The Hall–Kier alpha value is -1.82. The van der Waals surface area contributed by atoms with Gasteiger partial charge in [0.15, 0.2) is 0 Å². The Bertz CT molecular complexity index is 383. The molecule has 1 fully saturated rings. The maximum Gasteiger partial charge on any atom is 0.314 e. The van der Waals surface area contributed by atoms with Crippen LogP contribution >= 0.6 is 0 Å². The predicted octanol–water partition coefficient (Wildman–Crippen LogP) is -0.259. The van der Waals surface area contributed by atoms with Gasteiger partial charge in [0.1, 0.15) is 5.82 Å². The highest BCUT2D eigenvalue weighted by Gasteiger charge is 2.19. The van der Waals surface area contributed by atoms with Crippen molar-refractivity contribution < 1.29 is 4.79 Å². The first-order chi connectivity index (χ1) is 8.20. The van der Waals surface area contributed by atoms with Crippen molar-refractivity contribution in [1.82, 2.24) is 9.88 Å². The number of pyridine rings is 1. The first kappa shape index (κ1) is 11.7. The van der Waals surface area contributed by atoms with E-state index in [1.807, 2.05) is 12.1 Å². The van der Waals surface area contributed by atoms with E-state index in [2.05, 4.69) is 9.88 Å². The molecule has 0 spiro atoms. The molecule has 0 unspecified atom stereocenters. The summed E-state index contributed by atoms with van der Waals surface area (Å²) < 4.78 is 0. The Morgan fingerprint density at radius 2 is 2.00 bits per heavy atom. The van der Waals surface area contributed by atoms with Crippen molar-refractivity contribution in [2.24, 2.45) is 11.5 Å². The van der Waals surface area contributed by atoms with Gasteiger partial charge in [-0.15, -0.1) is 0 Å². The van der Waals surface area contributed by atoms with Crippen molar-refractivity contribution in [1.29, 1.82) is 0 Å². The molecule has 6 nitrogen and oxygen atoms in total. The molecule has 17 heavy (non-hydrogen) atoms. The lowest BCUT2D eigenvalue weighted by atomic mass is 10.2. The van der Waals surface area contributed by atoms with Gasteiger partial charge in [-0.1, -0.05) is 6.07 Å². The van der Waals surface area contributed by atoms with Crippen molar-refractivity contribution in [3.8, 4) is 0 Å². The van der Waals surface area contributed by atoms with Crippen LogP contribution in [0.3, 0.4) is 0 Å². The molecular formula is C11H17N5O. The highest BCUT2D eigenvalue weighted by molar-refractivity contribution is 5.72. The van der Waals surface area contributed by atoms with Crippen LogP contribution in [0.15, 0.2) is 18.3 Å². The second kappa shape index (κ2) is 5.01. The number of urea groups is 1. The summed E-state index contributed by atoms with van der Waals surface area (Å²) in [7, 11) is 0. The van der Waals surface area contributed by atoms with Gasteiger partial charge in [0.25, 0.3) is 0 Å². The summed E-state index contributed by atoms with van der Waals surface area (Å²) in [4.78, 5) is 19.1. The number of nitrogens with two attached hydrogens (primary N) is 2. The van der Waals surface area contributed by atoms with Gasteiger partial charge in [-0.05, 0) is 11.6 Å². The summed E-state index contributed by atoms with van der Waals surface area (Å²) >= 11 is 0. The molecule has 2 amide bonds. The summed E-state index contributed by atoms with van der Waals surface area (Å²) in [6.07, 6.45) is 1.79. The maximum atomic E-state index is 11.0. The topological polar surface area (TPSA) is 88.5 Å². The van der Waals surface area contributed by atoms with E-state index in [1.165, 1.54) is 0 Å². The van der Waals surface area contributed by atoms with Crippen molar-refractivity contribution in [3.05, 3.63) is 23.9 Å².